The molecule has 0 aromatic heterocycles. The number of non-ortho nitro benzene ring substituents is 1. The van der Waals surface area contributed by atoms with E-state index in [1.165, 1.54) is 13.2 Å². The van der Waals surface area contributed by atoms with Gasteiger partial charge in [0.1, 0.15) is 5.75 Å². The molecule has 1 unspecified atom stereocenters. The van der Waals surface area contributed by atoms with Crippen LogP contribution in [0.3, 0.4) is 0 Å². The lowest BCUT2D eigenvalue weighted by Crippen LogP contribution is -2.34. The summed E-state index contributed by atoms with van der Waals surface area (Å²) < 4.78 is 5.12. The Labute approximate surface area is 112 Å². The van der Waals surface area contributed by atoms with Crippen LogP contribution >= 0.6 is 0 Å². The summed E-state index contributed by atoms with van der Waals surface area (Å²) in [6.07, 6.45) is 2.23. The Balaban J connectivity index is 2.19. The predicted octanol–water partition coefficient (Wildman–Crippen LogP) is 1.53. The summed E-state index contributed by atoms with van der Waals surface area (Å²) in [5.41, 5.74) is 6.70. The van der Waals surface area contributed by atoms with Crippen LogP contribution in [0.4, 0.5) is 5.69 Å². The molecule has 1 aliphatic heterocycles. The number of nitrogens with two attached hydrogens (primary N) is 1. The molecule has 1 aliphatic rings. The van der Waals surface area contributed by atoms with Crippen molar-refractivity contribution in [3.63, 3.8) is 0 Å². The average Bonchev–Trinajstić information content (AvgIpc) is 2.85. The van der Waals surface area contributed by atoms with Crippen LogP contribution in [0.25, 0.3) is 0 Å². The number of rotatable bonds is 5. The van der Waals surface area contributed by atoms with E-state index in [2.05, 4.69) is 4.90 Å². The van der Waals surface area contributed by atoms with E-state index >= 15 is 0 Å². The van der Waals surface area contributed by atoms with Gasteiger partial charge >= 0.3 is 0 Å². The summed E-state index contributed by atoms with van der Waals surface area (Å²) in [4.78, 5) is 12.8. The van der Waals surface area contributed by atoms with Crippen LogP contribution in [0.1, 0.15) is 18.4 Å². The number of nitro groups is 1. The van der Waals surface area contributed by atoms with Gasteiger partial charge in [-0.2, -0.15) is 0 Å². The maximum absolute atomic E-state index is 10.9. The number of nitrogens with zero attached hydrogens (tertiary/aromatic N) is 2. The summed E-state index contributed by atoms with van der Waals surface area (Å²) in [6.45, 7) is 2.30. The molecule has 6 nitrogen and oxygen atoms in total. The highest BCUT2D eigenvalue weighted by Crippen LogP contribution is 2.26. The smallest absolute Gasteiger partial charge is 0.273 e. The molecule has 0 amide bonds. The molecule has 0 radical (unpaired) electrons. The lowest BCUT2D eigenvalue weighted by Gasteiger charge is -2.23. The summed E-state index contributed by atoms with van der Waals surface area (Å²) in [5, 5.41) is 10.9. The van der Waals surface area contributed by atoms with Crippen molar-refractivity contribution in [1.29, 1.82) is 0 Å². The minimum absolute atomic E-state index is 0.0674. The fourth-order valence-corrected chi connectivity index (χ4v) is 2.56. The van der Waals surface area contributed by atoms with Crippen molar-refractivity contribution in [2.45, 2.75) is 25.4 Å². The molecule has 1 heterocycles. The van der Waals surface area contributed by atoms with Crippen LogP contribution < -0.4 is 10.5 Å². The van der Waals surface area contributed by atoms with Crippen molar-refractivity contribution in [1.82, 2.24) is 4.90 Å². The van der Waals surface area contributed by atoms with E-state index in [4.69, 9.17) is 10.5 Å². The first kappa shape index (κ1) is 13.8. The van der Waals surface area contributed by atoms with Crippen LogP contribution in [-0.4, -0.2) is 36.1 Å². The summed E-state index contributed by atoms with van der Waals surface area (Å²) in [6, 6.07) is 5.27. The van der Waals surface area contributed by atoms with Gasteiger partial charge in [-0.3, -0.25) is 15.0 Å². The largest absolute Gasteiger partial charge is 0.496 e. The molecular weight excluding hydrogens is 246 g/mol. The summed E-state index contributed by atoms with van der Waals surface area (Å²) >= 11 is 0. The lowest BCUT2D eigenvalue weighted by atomic mass is 10.1. The number of benzene rings is 1. The molecule has 0 aliphatic carbocycles. The van der Waals surface area contributed by atoms with Crippen LogP contribution in [-0.2, 0) is 6.54 Å². The SMILES string of the molecule is COc1cc(CN2CCCC2CN)cc([N+](=O)[O-])c1. The molecule has 0 bridgehead atoms. The fourth-order valence-electron chi connectivity index (χ4n) is 2.56. The maximum Gasteiger partial charge on any atom is 0.273 e. The molecule has 1 aromatic carbocycles. The van der Waals surface area contributed by atoms with Crippen molar-refractivity contribution in [3.8, 4) is 5.75 Å². The standard InChI is InChI=1S/C13H19N3O3/c1-19-13-6-10(5-12(7-13)16(17)18)9-15-4-2-3-11(15)8-14/h5-7,11H,2-4,8-9,14H2,1H3. The number of hydrogen-bond acceptors (Lipinski definition) is 5. The minimum Gasteiger partial charge on any atom is -0.496 e. The Morgan fingerprint density at radius 3 is 2.95 bits per heavy atom. The highest BCUT2D eigenvalue weighted by atomic mass is 16.6. The summed E-state index contributed by atoms with van der Waals surface area (Å²) in [5.74, 6) is 0.521. The molecule has 19 heavy (non-hydrogen) atoms. The van der Waals surface area contributed by atoms with Crippen molar-refractivity contribution < 1.29 is 9.66 Å². The first-order valence-electron chi connectivity index (χ1n) is 6.40. The Morgan fingerprint density at radius 2 is 2.32 bits per heavy atom. The number of methoxy groups -OCH3 is 1. The number of likely N-dealkylation sites (tertiary alicyclic amines) is 1. The summed E-state index contributed by atoms with van der Waals surface area (Å²) in [7, 11) is 1.52. The molecule has 6 heteroatoms. The molecule has 1 saturated heterocycles. The van der Waals surface area contributed by atoms with E-state index in [1.54, 1.807) is 6.07 Å². The van der Waals surface area contributed by atoms with Gasteiger partial charge in [-0.1, -0.05) is 0 Å². The second-order valence-electron chi connectivity index (χ2n) is 4.80. The van der Waals surface area contributed by atoms with E-state index in [0.717, 1.165) is 24.9 Å². The number of nitro benzene ring substituents is 1. The zero-order chi connectivity index (χ0) is 13.8. The van der Waals surface area contributed by atoms with Gasteiger partial charge in [0, 0.05) is 25.2 Å². The fraction of sp³-hybridized carbons (Fsp3) is 0.538. The van der Waals surface area contributed by atoms with Gasteiger partial charge < -0.3 is 10.5 Å². The highest BCUT2D eigenvalue weighted by molar-refractivity contribution is 5.42. The number of hydrogen-bond donors (Lipinski definition) is 1. The molecule has 104 valence electrons. The Bertz CT molecular complexity index is 464. The molecule has 1 fully saturated rings. The van der Waals surface area contributed by atoms with Crippen LogP contribution in [0.5, 0.6) is 5.75 Å². The van der Waals surface area contributed by atoms with Crippen molar-refractivity contribution >= 4 is 5.69 Å². The third kappa shape index (κ3) is 3.21. The van der Waals surface area contributed by atoms with E-state index < -0.39 is 4.92 Å². The van der Waals surface area contributed by atoms with E-state index in [0.29, 0.717) is 24.9 Å². The first-order valence-corrected chi connectivity index (χ1v) is 6.40. The van der Waals surface area contributed by atoms with Crippen LogP contribution in [0, 0.1) is 10.1 Å². The zero-order valence-corrected chi connectivity index (χ0v) is 11.0. The normalized spacial score (nSPS) is 19.6. The van der Waals surface area contributed by atoms with Gasteiger partial charge in [-0.05, 0) is 31.0 Å². The van der Waals surface area contributed by atoms with E-state index in [-0.39, 0.29) is 5.69 Å². The second-order valence-corrected chi connectivity index (χ2v) is 4.80. The van der Waals surface area contributed by atoms with Gasteiger partial charge in [0.2, 0.25) is 0 Å². The van der Waals surface area contributed by atoms with E-state index in [9.17, 15) is 10.1 Å². The predicted molar refractivity (Wildman–Crippen MR) is 72.1 cm³/mol. The van der Waals surface area contributed by atoms with Gasteiger partial charge in [-0.15, -0.1) is 0 Å². The van der Waals surface area contributed by atoms with Gasteiger partial charge in [0.25, 0.3) is 5.69 Å². The van der Waals surface area contributed by atoms with Crippen LogP contribution in [0.15, 0.2) is 18.2 Å². The third-order valence-corrected chi connectivity index (χ3v) is 3.55. The second kappa shape index (κ2) is 5.99. The Kier molecular flexibility index (Phi) is 4.34. The molecule has 1 aromatic rings. The van der Waals surface area contributed by atoms with Gasteiger partial charge in [0.15, 0.2) is 0 Å². The van der Waals surface area contributed by atoms with Crippen molar-refractivity contribution in [2.75, 3.05) is 20.2 Å². The van der Waals surface area contributed by atoms with E-state index in [1.807, 2.05) is 6.07 Å². The maximum atomic E-state index is 10.9. The topological polar surface area (TPSA) is 81.6 Å². The van der Waals surface area contributed by atoms with Gasteiger partial charge in [0.05, 0.1) is 18.1 Å². The van der Waals surface area contributed by atoms with Crippen molar-refractivity contribution in [2.24, 2.45) is 5.73 Å². The minimum atomic E-state index is -0.392. The monoisotopic (exact) mass is 265 g/mol. The molecule has 0 spiro atoms. The molecule has 1 atom stereocenters. The Hall–Kier alpha value is -1.66. The highest BCUT2D eigenvalue weighted by Gasteiger charge is 2.23. The molecule has 0 saturated carbocycles. The lowest BCUT2D eigenvalue weighted by molar-refractivity contribution is -0.385. The average molecular weight is 265 g/mol. The first-order chi connectivity index (χ1) is 9.13. The van der Waals surface area contributed by atoms with Crippen LogP contribution in [0.2, 0.25) is 0 Å². The van der Waals surface area contributed by atoms with Gasteiger partial charge in [-0.25, -0.2) is 0 Å². The Morgan fingerprint density at radius 1 is 1.53 bits per heavy atom. The molecular formula is C13H19N3O3. The number of ether oxygens (including phenoxy) is 1. The zero-order valence-electron chi connectivity index (χ0n) is 11.0. The molecule has 2 N–H and O–H groups in total. The van der Waals surface area contributed by atoms with Crippen molar-refractivity contribution in [3.05, 3.63) is 33.9 Å². The quantitative estimate of drug-likeness (QED) is 0.645. The third-order valence-electron chi connectivity index (χ3n) is 3.55. The molecule has 2 rings (SSSR count).